The van der Waals surface area contributed by atoms with Crippen molar-refractivity contribution in [2.45, 2.75) is 37.6 Å². The minimum Gasteiger partial charge on any atom is -0.350 e. The Balaban J connectivity index is 1.80. The van der Waals surface area contributed by atoms with E-state index in [0.717, 1.165) is 23.5 Å². The minimum atomic E-state index is -0.124. The molecule has 0 aromatic heterocycles. The second-order valence-electron chi connectivity index (χ2n) is 3.83. The van der Waals surface area contributed by atoms with Crippen LogP contribution in [0.2, 0.25) is 0 Å². The fraction of sp³-hybridized carbons (Fsp3) is 1.00. The number of alkyl halides is 2. The van der Waals surface area contributed by atoms with Gasteiger partial charge in [0.15, 0.2) is 12.6 Å². The molecule has 6 heteroatoms. The zero-order valence-corrected chi connectivity index (χ0v) is 12.1. The second-order valence-corrected chi connectivity index (χ2v) is 5.42. The van der Waals surface area contributed by atoms with Crippen LogP contribution in [0.5, 0.6) is 0 Å². The Kier molecular flexibility index (Phi) is 5.51. The van der Waals surface area contributed by atoms with Gasteiger partial charge in [0.25, 0.3) is 0 Å². The summed E-state index contributed by atoms with van der Waals surface area (Å²) in [6.45, 7) is 1.20. The smallest absolute Gasteiger partial charge is 0.159 e. The average Bonchev–Trinajstić information content (AvgIpc) is 2.30. The maximum absolute atomic E-state index is 5.74. The Morgan fingerprint density at radius 3 is 1.62 bits per heavy atom. The molecule has 0 radical (unpaired) electrons. The third-order valence-electron chi connectivity index (χ3n) is 2.65. The molecule has 2 aliphatic rings. The summed E-state index contributed by atoms with van der Waals surface area (Å²) in [7, 11) is 0. The molecule has 0 aliphatic carbocycles. The largest absolute Gasteiger partial charge is 0.350 e. The van der Waals surface area contributed by atoms with Crippen molar-refractivity contribution < 1.29 is 18.9 Å². The Morgan fingerprint density at radius 1 is 0.812 bits per heavy atom. The first kappa shape index (κ1) is 13.2. The number of ether oxygens (including phenoxy) is 4. The summed E-state index contributed by atoms with van der Waals surface area (Å²) in [4.78, 5) is 0. The van der Waals surface area contributed by atoms with Crippen LogP contribution in [0.15, 0.2) is 0 Å². The Bertz CT molecular complexity index is 195. The highest BCUT2D eigenvalue weighted by atomic mass is 79.9. The lowest BCUT2D eigenvalue weighted by molar-refractivity contribution is -0.336. The van der Waals surface area contributed by atoms with Gasteiger partial charge in [0.2, 0.25) is 0 Å². The van der Waals surface area contributed by atoms with Gasteiger partial charge in [0.1, 0.15) is 12.2 Å². The number of fused-ring (bicyclic) bond motifs is 1. The maximum atomic E-state index is 5.74. The molecule has 0 aromatic rings. The van der Waals surface area contributed by atoms with Gasteiger partial charge in [0, 0.05) is 23.5 Å². The number of rotatable bonds is 4. The van der Waals surface area contributed by atoms with Crippen molar-refractivity contribution in [2.75, 3.05) is 23.9 Å². The van der Waals surface area contributed by atoms with Gasteiger partial charge < -0.3 is 18.9 Å². The molecule has 0 aromatic carbocycles. The first-order valence-corrected chi connectivity index (χ1v) is 7.74. The highest BCUT2D eigenvalue weighted by molar-refractivity contribution is 9.09. The highest BCUT2D eigenvalue weighted by Gasteiger charge is 2.38. The lowest BCUT2D eigenvalue weighted by Gasteiger charge is -2.41. The number of hydrogen-bond donors (Lipinski definition) is 0. The lowest BCUT2D eigenvalue weighted by atomic mass is 10.2. The summed E-state index contributed by atoms with van der Waals surface area (Å²) < 4.78 is 22.6. The molecule has 2 heterocycles. The molecule has 0 bridgehead atoms. The van der Waals surface area contributed by atoms with Crippen molar-refractivity contribution in [1.82, 2.24) is 0 Å². The molecule has 2 aliphatic heterocycles. The third kappa shape index (κ3) is 3.40. The van der Waals surface area contributed by atoms with E-state index in [4.69, 9.17) is 18.9 Å². The van der Waals surface area contributed by atoms with Crippen molar-refractivity contribution >= 4 is 31.9 Å². The van der Waals surface area contributed by atoms with E-state index in [-0.39, 0.29) is 24.8 Å². The van der Waals surface area contributed by atoms with E-state index in [0.29, 0.717) is 13.2 Å². The van der Waals surface area contributed by atoms with E-state index in [1.165, 1.54) is 0 Å². The van der Waals surface area contributed by atoms with E-state index in [2.05, 4.69) is 31.9 Å². The summed E-state index contributed by atoms with van der Waals surface area (Å²) in [5.74, 6) is 0. The summed E-state index contributed by atoms with van der Waals surface area (Å²) >= 11 is 6.75. The SMILES string of the molecule is BrCC[C@@H]1OC[C@@H]2O[C@H](CCBr)OC[C@@H]2O1. The fourth-order valence-electron chi connectivity index (χ4n) is 1.82. The van der Waals surface area contributed by atoms with Crippen LogP contribution in [-0.2, 0) is 18.9 Å². The second kappa shape index (κ2) is 6.66. The van der Waals surface area contributed by atoms with E-state index in [9.17, 15) is 0 Å². The standard InChI is InChI=1S/C10H16Br2O4/c11-3-1-9-13-5-8-7(15-9)6-14-10(16-8)2-4-12/h7-10H,1-6H2/t7-,8-,9+,10+/m0/s1. The monoisotopic (exact) mass is 358 g/mol. The van der Waals surface area contributed by atoms with E-state index in [1.54, 1.807) is 0 Å². The van der Waals surface area contributed by atoms with Gasteiger partial charge in [0.05, 0.1) is 13.2 Å². The molecule has 16 heavy (non-hydrogen) atoms. The molecule has 0 unspecified atom stereocenters. The summed E-state index contributed by atoms with van der Waals surface area (Å²) in [5.41, 5.74) is 0. The minimum absolute atomic E-state index is 0.0179. The normalized spacial score (nSPS) is 39.4. The maximum Gasteiger partial charge on any atom is 0.159 e. The van der Waals surface area contributed by atoms with Crippen molar-refractivity contribution in [3.8, 4) is 0 Å². The van der Waals surface area contributed by atoms with E-state index >= 15 is 0 Å². The van der Waals surface area contributed by atoms with Crippen LogP contribution in [0.1, 0.15) is 12.8 Å². The lowest BCUT2D eigenvalue weighted by Crippen LogP contribution is -2.53. The van der Waals surface area contributed by atoms with Crippen LogP contribution in [-0.4, -0.2) is 48.7 Å². The molecular weight excluding hydrogens is 344 g/mol. The highest BCUT2D eigenvalue weighted by Crippen LogP contribution is 2.25. The fourth-order valence-corrected chi connectivity index (χ4v) is 2.57. The zero-order valence-electron chi connectivity index (χ0n) is 8.94. The first-order valence-electron chi connectivity index (χ1n) is 5.49. The van der Waals surface area contributed by atoms with Gasteiger partial charge in [-0.25, -0.2) is 0 Å². The third-order valence-corrected chi connectivity index (χ3v) is 3.57. The number of hydrogen-bond acceptors (Lipinski definition) is 4. The van der Waals surface area contributed by atoms with Crippen molar-refractivity contribution in [2.24, 2.45) is 0 Å². The molecular formula is C10H16Br2O4. The van der Waals surface area contributed by atoms with Crippen LogP contribution < -0.4 is 0 Å². The Morgan fingerprint density at radius 2 is 1.25 bits per heavy atom. The molecule has 0 spiro atoms. The quantitative estimate of drug-likeness (QED) is 0.720. The number of halogens is 2. The van der Waals surface area contributed by atoms with Crippen molar-refractivity contribution in [3.05, 3.63) is 0 Å². The molecule has 0 N–H and O–H groups in total. The summed E-state index contributed by atoms with van der Waals surface area (Å²) in [5, 5.41) is 1.76. The van der Waals surface area contributed by atoms with Gasteiger partial charge in [-0.2, -0.15) is 0 Å². The van der Waals surface area contributed by atoms with Crippen LogP contribution in [0.25, 0.3) is 0 Å². The first-order chi connectivity index (χ1) is 7.83. The molecule has 4 atom stereocenters. The van der Waals surface area contributed by atoms with Crippen LogP contribution >= 0.6 is 31.9 Å². The summed E-state index contributed by atoms with van der Waals surface area (Å²) in [6.07, 6.45) is 1.50. The predicted octanol–water partition coefficient (Wildman–Crippen LogP) is 2.04. The predicted molar refractivity (Wildman–Crippen MR) is 66.0 cm³/mol. The molecule has 0 amide bonds. The Labute approximate surface area is 112 Å². The molecule has 94 valence electrons. The molecule has 4 nitrogen and oxygen atoms in total. The molecule has 2 saturated heterocycles. The van der Waals surface area contributed by atoms with E-state index in [1.807, 2.05) is 0 Å². The van der Waals surface area contributed by atoms with Gasteiger partial charge >= 0.3 is 0 Å². The van der Waals surface area contributed by atoms with Crippen LogP contribution in [0, 0.1) is 0 Å². The van der Waals surface area contributed by atoms with E-state index < -0.39 is 0 Å². The topological polar surface area (TPSA) is 36.9 Å². The molecule has 2 fully saturated rings. The van der Waals surface area contributed by atoms with Gasteiger partial charge in [-0.05, 0) is 0 Å². The van der Waals surface area contributed by atoms with Gasteiger partial charge in [-0.3, -0.25) is 0 Å². The summed E-state index contributed by atoms with van der Waals surface area (Å²) in [6, 6.07) is 0. The zero-order chi connectivity index (χ0) is 11.4. The van der Waals surface area contributed by atoms with Crippen molar-refractivity contribution in [3.63, 3.8) is 0 Å². The van der Waals surface area contributed by atoms with Crippen molar-refractivity contribution in [1.29, 1.82) is 0 Å². The average molecular weight is 360 g/mol. The Hall–Kier alpha value is 0.800. The van der Waals surface area contributed by atoms with Gasteiger partial charge in [-0.1, -0.05) is 31.9 Å². The molecule has 0 saturated carbocycles. The molecule has 2 rings (SSSR count). The van der Waals surface area contributed by atoms with Crippen LogP contribution in [0.4, 0.5) is 0 Å². The van der Waals surface area contributed by atoms with Gasteiger partial charge in [-0.15, -0.1) is 0 Å². The van der Waals surface area contributed by atoms with Crippen LogP contribution in [0.3, 0.4) is 0 Å².